The fraction of sp³-hybridized carbons (Fsp3) is 1.00. The van der Waals surface area contributed by atoms with Crippen molar-refractivity contribution in [3.63, 3.8) is 0 Å². The predicted octanol–water partition coefficient (Wildman–Crippen LogP) is 0.173. The van der Waals surface area contributed by atoms with Gasteiger partial charge in [0.15, 0.2) is 0 Å². The summed E-state index contributed by atoms with van der Waals surface area (Å²) in [4.78, 5) is 0. The maximum Gasteiger partial charge on any atom is 0.499 e. The van der Waals surface area contributed by atoms with Crippen molar-refractivity contribution in [1.82, 2.24) is 5.09 Å². The molecule has 1 aliphatic heterocycles. The van der Waals surface area contributed by atoms with E-state index in [4.69, 9.17) is 19.3 Å². The van der Waals surface area contributed by atoms with E-state index in [1.54, 1.807) is 0 Å². The lowest BCUT2D eigenvalue weighted by atomic mass is 9.97. The Morgan fingerprint density at radius 2 is 1.94 bits per heavy atom. The third-order valence-corrected chi connectivity index (χ3v) is 7.00. The lowest BCUT2D eigenvalue weighted by Crippen LogP contribution is -2.39. The molecule has 0 bridgehead atoms. The Balaban J connectivity index is 2.83. The molecule has 0 aliphatic carbocycles. The first-order valence-electron chi connectivity index (χ1n) is 4.83. The fourth-order valence-corrected chi connectivity index (χ4v) is 5.11. The predicted molar refractivity (Wildman–Crippen MR) is 61.2 cm³/mol. The third kappa shape index (κ3) is 3.10. The topological polar surface area (TPSA) is 111 Å². The molecule has 1 rings (SSSR count). The van der Waals surface area contributed by atoms with E-state index in [0.717, 1.165) is 0 Å². The van der Waals surface area contributed by atoms with E-state index in [-0.39, 0.29) is 31.7 Å². The minimum atomic E-state index is -4.41. The smallest absolute Gasteiger partial charge is 0.329 e. The minimum absolute atomic E-state index is 0.202. The molecule has 1 fully saturated rings. The molecule has 0 saturated carbocycles. The van der Waals surface area contributed by atoms with E-state index >= 15 is 0 Å². The van der Waals surface area contributed by atoms with Gasteiger partial charge in [-0.05, 0) is 0 Å². The van der Waals surface area contributed by atoms with Crippen LogP contribution in [-0.2, 0) is 18.8 Å². The highest BCUT2D eigenvalue weighted by atomic mass is 32.8. The van der Waals surface area contributed by atoms with Gasteiger partial charge in [-0.25, -0.2) is 0 Å². The van der Waals surface area contributed by atoms with E-state index in [9.17, 15) is 8.42 Å². The summed E-state index contributed by atoms with van der Waals surface area (Å²) in [6, 6.07) is 0. The van der Waals surface area contributed by atoms with E-state index in [1.807, 2.05) is 13.8 Å². The maximum atomic E-state index is 11.3. The standard InChI is InChI=1S/C7H17N2O5PS/c1-7(2)5-13-15(14-6-7,9-4-3-8)16(10,11)12/h9H,3-6,8H2,1-2H3/p+1. The number of hydrogen-bond donors (Lipinski definition) is 3. The monoisotopic (exact) mass is 273 g/mol. The first kappa shape index (κ1) is 14.2. The summed E-state index contributed by atoms with van der Waals surface area (Å²) in [6.45, 7) is 4.61. The second-order valence-electron chi connectivity index (χ2n) is 4.35. The summed E-state index contributed by atoms with van der Waals surface area (Å²) in [7, 11) is -7.88. The molecule has 16 heavy (non-hydrogen) atoms. The van der Waals surface area contributed by atoms with Gasteiger partial charge in [0, 0.05) is 18.5 Å². The van der Waals surface area contributed by atoms with E-state index in [1.165, 1.54) is 0 Å². The van der Waals surface area contributed by atoms with E-state index < -0.39 is 16.8 Å². The highest BCUT2D eigenvalue weighted by Crippen LogP contribution is 2.65. The van der Waals surface area contributed by atoms with Crippen molar-refractivity contribution in [1.29, 1.82) is 0 Å². The zero-order valence-electron chi connectivity index (χ0n) is 9.34. The molecule has 1 saturated heterocycles. The van der Waals surface area contributed by atoms with Crippen LogP contribution in [-0.4, -0.2) is 39.3 Å². The van der Waals surface area contributed by atoms with Gasteiger partial charge in [-0.1, -0.05) is 13.8 Å². The van der Waals surface area contributed by atoms with Crippen molar-refractivity contribution in [2.75, 3.05) is 26.3 Å². The second-order valence-corrected chi connectivity index (χ2v) is 9.90. The Morgan fingerprint density at radius 3 is 2.31 bits per heavy atom. The van der Waals surface area contributed by atoms with Gasteiger partial charge in [0.25, 0.3) is 0 Å². The highest BCUT2D eigenvalue weighted by molar-refractivity contribution is 8.50. The maximum absolute atomic E-state index is 11.3. The molecule has 0 aromatic rings. The van der Waals surface area contributed by atoms with Crippen molar-refractivity contribution in [2.45, 2.75) is 13.8 Å². The molecular formula is C7H18N2O5PS+. The van der Waals surface area contributed by atoms with Crippen LogP contribution in [0.1, 0.15) is 13.8 Å². The van der Waals surface area contributed by atoms with Crippen molar-refractivity contribution in [2.24, 2.45) is 11.1 Å². The Hall–Kier alpha value is 0.180. The molecule has 0 spiro atoms. The molecule has 1 aliphatic rings. The largest absolute Gasteiger partial charge is 0.499 e. The summed E-state index contributed by atoms with van der Waals surface area (Å²) < 4.78 is 42.2. The van der Waals surface area contributed by atoms with Gasteiger partial charge in [-0.2, -0.15) is 17.5 Å². The summed E-state index contributed by atoms with van der Waals surface area (Å²) >= 11 is 0. The van der Waals surface area contributed by atoms with Crippen LogP contribution in [0, 0.1) is 5.41 Å². The highest BCUT2D eigenvalue weighted by Gasteiger charge is 2.61. The third-order valence-electron chi connectivity index (χ3n) is 2.00. The molecule has 0 amide bonds. The van der Waals surface area contributed by atoms with Crippen LogP contribution < -0.4 is 10.8 Å². The van der Waals surface area contributed by atoms with Crippen molar-refractivity contribution >= 4 is 16.8 Å². The minimum Gasteiger partial charge on any atom is -0.329 e. The Bertz CT molecular complexity index is 335. The molecule has 0 unspecified atom stereocenters. The molecule has 0 radical (unpaired) electrons. The fourth-order valence-electron chi connectivity index (χ4n) is 1.11. The average Bonchev–Trinajstić information content (AvgIpc) is 2.15. The van der Waals surface area contributed by atoms with Gasteiger partial charge in [-0.15, -0.1) is 5.09 Å². The van der Waals surface area contributed by atoms with Gasteiger partial charge in [0.1, 0.15) is 13.2 Å². The molecule has 0 aromatic carbocycles. The van der Waals surface area contributed by atoms with Gasteiger partial charge in [0.05, 0.1) is 0 Å². The number of rotatable bonds is 4. The molecule has 9 heteroatoms. The zero-order chi connectivity index (χ0) is 12.4. The molecule has 0 aromatic heterocycles. The van der Waals surface area contributed by atoms with Gasteiger partial charge < -0.3 is 5.73 Å². The number of nitrogens with two attached hydrogens (primary N) is 1. The van der Waals surface area contributed by atoms with E-state index in [0.29, 0.717) is 0 Å². The lowest BCUT2D eigenvalue weighted by Gasteiger charge is -2.32. The molecule has 4 N–H and O–H groups in total. The quantitative estimate of drug-likeness (QED) is 0.494. The van der Waals surface area contributed by atoms with E-state index in [2.05, 4.69) is 5.09 Å². The van der Waals surface area contributed by atoms with Crippen LogP contribution in [0.2, 0.25) is 0 Å². The van der Waals surface area contributed by atoms with Gasteiger partial charge in [0.2, 0.25) is 0 Å². The second kappa shape index (κ2) is 4.81. The lowest BCUT2D eigenvalue weighted by molar-refractivity contribution is 0.0530. The van der Waals surface area contributed by atoms with Gasteiger partial charge >= 0.3 is 16.8 Å². The van der Waals surface area contributed by atoms with Gasteiger partial charge in [-0.3, -0.25) is 4.55 Å². The first-order valence-corrected chi connectivity index (χ1v) is 8.50. The number of nitrogens with one attached hydrogen (secondary N) is 1. The number of hydrogen-bond acceptors (Lipinski definition) is 6. The molecular weight excluding hydrogens is 255 g/mol. The summed E-state index contributed by atoms with van der Waals surface area (Å²) in [5.41, 5.74) is 5.00. The Morgan fingerprint density at radius 1 is 1.44 bits per heavy atom. The average molecular weight is 273 g/mol. The van der Waals surface area contributed by atoms with Crippen LogP contribution in [0.25, 0.3) is 0 Å². The van der Waals surface area contributed by atoms with Crippen molar-refractivity contribution in [3.8, 4) is 0 Å². The van der Waals surface area contributed by atoms with Crippen LogP contribution in [0.4, 0.5) is 0 Å². The molecule has 0 atom stereocenters. The van der Waals surface area contributed by atoms with Crippen LogP contribution in [0.5, 0.6) is 0 Å². The molecule has 7 nitrogen and oxygen atoms in total. The normalized spacial score (nSPS) is 24.2. The summed E-state index contributed by atoms with van der Waals surface area (Å²) in [6.07, 6.45) is 0. The first-order chi connectivity index (χ1) is 7.22. The Labute approximate surface area is 95.7 Å². The van der Waals surface area contributed by atoms with Crippen molar-refractivity contribution < 1.29 is 22.0 Å². The van der Waals surface area contributed by atoms with Crippen molar-refractivity contribution in [3.05, 3.63) is 0 Å². The summed E-state index contributed by atoms with van der Waals surface area (Å²) in [5.74, 6) is 0. The molecule has 1 heterocycles. The SMILES string of the molecule is CC1(C)CO[P+](NCCN)(S(=O)(=O)O)OC1. The van der Waals surface area contributed by atoms with Crippen LogP contribution in [0.15, 0.2) is 0 Å². The van der Waals surface area contributed by atoms with Crippen LogP contribution in [0.3, 0.4) is 0 Å². The zero-order valence-corrected chi connectivity index (χ0v) is 11.1. The Kier molecular flexibility index (Phi) is 4.29. The summed E-state index contributed by atoms with van der Waals surface area (Å²) in [5, 5.41) is 2.57. The molecule has 96 valence electrons. The van der Waals surface area contributed by atoms with Crippen LogP contribution >= 0.6 is 7.07 Å².